The lowest BCUT2D eigenvalue weighted by Gasteiger charge is -2.37. The van der Waals surface area contributed by atoms with Gasteiger partial charge in [0.1, 0.15) is 10.3 Å². The minimum Gasteiger partial charge on any atom is -0.462 e. The van der Waals surface area contributed by atoms with Gasteiger partial charge in [-0.1, -0.05) is 26.8 Å². The van der Waals surface area contributed by atoms with Crippen LogP contribution in [-0.4, -0.2) is 37.9 Å². The molecule has 0 spiro atoms. The fourth-order valence-corrected chi connectivity index (χ4v) is 6.79. The maximum atomic E-state index is 12.6. The molecule has 2 heterocycles. The Balaban J connectivity index is 1.47. The topological polar surface area (TPSA) is 63.7 Å². The highest BCUT2D eigenvalue weighted by molar-refractivity contribution is 7.91. The van der Waals surface area contributed by atoms with Crippen LogP contribution in [0, 0.1) is 17.3 Å². The SMILES string of the molecule is CC(C)(C)C1CCC(OC(=O)C2CCN(S(=O)(=O)c3cccs3)CC2)CC1. The molecular formula is C20H31NO4S2. The molecule has 2 aliphatic rings. The minimum absolute atomic E-state index is 0.0315. The molecule has 27 heavy (non-hydrogen) atoms. The number of rotatable bonds is 4. The van der Waals surface area contributed by atoms with Crippen molar-refractivity contribution >= 4 is 27.3 Å². The molecule has 1 aromatic rings. The fraction of sp³-hybridized carbons (Fsp3) is 0.750. The van der Waals surface area contributed by atoms with E-state index in [2.05, 4.69) is 20.8 Å². The molecule has 0 bridgehead atoms. The highest BCUT2D eigenvalue weighted by Crippen LogP contribution is 2.39. The lowest BCUT2D eigenvalue weighted by molar-refractivity contribution is -0.157. The Morgan fingerprint density at radius 1 is 1.11 bits per heavy atom. The monoisotopic (exact) mass is 413 g/mol. The number of thiophene rings is 1. The first-order valence-corrected chi connectivity index (χ1v) is 12.2. The van der Waals surface area contributed by atoms with E-state index in [4.69, 9.17) is 4.74 Å². The van der Waals surface area contributed by atoms with Crippen LogP contribution in [0.1, 0.15) is 59.3 Å². The zero-order valence-corrected chi connectivity index (χ0v) is 18.2. The van der Waals surface area contributed by atoms with Crippen LogP contribution >= 0.6 is 11.3 Å². The van der Waals surface area contributed by atoms with Gasteiger partial charge in [0.2, 0.25) is 0 Å². The number of hydrogen-bond acceptors (Lipinski definition) is 5. The number of esters is 1. The van der Waals surface area contributed by atoms with Crippen LogP contribution in [0.2, 0.25) is 0 Å². The van der Waals surface area contributed by atoms with E-state index in [1.165, 1.54) is 15.6 Å². The molecule has 2 fully saturated rings. The highest BCUT2D eigenvalue weighted by atomic mass is 32.2. The lowest BCUT2D eigenvalue weighted by Crippen LogP contribution is -2.41. The maximum absolute atomic E-state index is 12.6. The highest BCUT2D eigenvalue weighted by Gasteiger charge is 2.35. The summed E-state index contributed by atoms with van der Waals surface area (Å²) in [5, 5.41) is 1.77. The van der Waals surface area contributed by atoms with Crippen molar-refractivity contribution in [3.8, 4) is 0 Å². The Bertz CT molecular complexity index is 721. The van der Waals surface area contributed by atoms with Gasteiger partial charge in [0.25, 0.3) is 10.0 Å². The van der Waals surface area contributed by atoms with Crippen molar-refractivity contribution in [3.63, 3.8) is 0 Å². The first kappa shape index (κ1) is 20.8. The smallest absolute Gasteiger partial charge is 0.309 e. The van der Waals surface area contributed by atoms with Crippen LogP contribution in [0.25, 0.3) is 0 Å². The molecule has 0 atom stereocenters. The van der Waals surface area contributed by atoms with Gasteiger partial charge in [-0.05, 0) is 61.3 Å². The van der Waals surface area contributed by atoms with Crippen LogP contribution in [0.4, 0.5) is 0 Å². The molecule has 1 saturated carbocycles. The standard InChI is InChI=1S/C20H31NO4S2/c1-20(2,3)16-6-8-17(9-7-16)25-19(22)15-10-12-21(13-11-15)27(23,24)18-5-4-14-26-18/h4-5,14-17H,6-13H2,1-3H3. The van der Waals surface area contributed by atoms with Crippen molar-refractivity contribution < 1.29 is 17.9 Å². The molecule has 0 N–H and O–H groups in total. The van der Waals surface area contributed by atoms with E-state index in [1.54, 1.807) is 17.5 Å². The first-order chi connectivity index (χ1) is 12.7. The van der Waals surface area contributed by atoms with Gasteiger partial charge in [-0.2, -0.15) is 4.31 Å². The molecule has 1 aromatic heterocycles. The van der Waals surface area contributed by atoms with Crippen LogP contribution in [0.15, 0.2) is 21.7 Å². The molecule has 5 nitrogen and oxygen atoms in total. The van der Waals surface area contributed by atoms with E-state index in [-0.39, 0.29) is 18.0 Å². The third-order valence-corrected chi connectivity index (χ3v) is 9.33. The minimum atomic E-state index is -3.42. The third-order valence-electron chi connectivity index (χ3n) is 6.06. The largest absolute Gasteiger partial charge is 0.462 e. The molecule has 0 amide bonds. The van der Waals surface area contributed by atoms with Gasteiger partial charge >= 0.3 is 5.97 Å². The second kappa shape index (κ2) is 8.21. The second-order valence-corrected chi connectivity index (χ2v) is 12.0. The third kappa shape index (κ3) is 4.93. The van der Waals surface area contributed by atoms with Crippen LogP contribution in [0.3, 0.4) is 0 Å². The van der Waals surface area contributed by atoms with Crippen molar-refractivity contribution in [2.45, 2.75) is 69.6 Å². The Kier molecular flexibility index (Phi) is 6.33. The molecule has 3 rings (SSSR count). The van der Waals surface area contributed by atoms with Crippen LogP contribution < -0.4 is 0 Å². The average Bonchev–Trinajstić information content (AvgIpc) is 3.17. The number of carbonyl (C=O) groups excluding carboxylic acids is 1. The fourth-order valence-electron chi connectivity index (χ4n) is 4.18. The van der Waals surface area contributed by atoms with Gasteiger partial charge in [0.05, 0.1) is 5.92 Å². The molecular weight excluding hydrogens is 382 g/mol. The number of ether oxygens (including phenoxy) is 1. The Morgan fingerprint density at radius 2 is 1.74 bits per heavy atom. The second-order valence-electron chi connectivity index (χ2n) is 8.89. The van der Waals surface area contributed by atoms with E-state index < -0.39 is 10.0 Å². The molecule has 7 heteroatoms. The van der Waals surface area contributed by atoms with Gasteiger partial charge in [-0.15, -0.1) is 11.3 Å². The summed E-state index contributed by atoms with van der Waals surface area (Å²) in [6, 6.07) is 3.38. The Morgan fingerprint density at radius 3 is 2.26 bits per heavy atom. The molecule has 0 unspecified atom stereocenters. The van der Waals surface area contributed by atoms with Gasteiger partial charge in [0, 0.05) is 13.1 Å². The lowest BCUT2D eigenvalue weighted by atomic mass is 9.72. The molecule has 0 aromatic carbocycles. The van der Waals surface area contributed by atoms with E-state index in [9.17, 15) is 13.2 Å². The normalized spacial score (nSPS) is 26.0. The first-order valence-electron chi connectivity index (χ1n) is 9.92. The van der Waals surface area contributed by atoms with Gasteiger partial charge < -0.3 is 4.74 Å². The molecule has 152 valence electrons. The number of carbonyl (C=O) groups is 1. The van der Waals surface area contributed by atoms with Crippen molar-refractivity contribution in [2.75, 3.05) is 13.1 Å². The number of hydrogen-bond donors (Lipinski definition) is 0. The molecule has 1 aliphatic carbocycles. The molecule has 1 aliphatic heterocycles. The summed E-state index contributed by atoms with van der Waals surface area (Å²) in [6.45, 7) is 7.61. The summed E-state index contributed by atoms with van der Waals surface area (Å²) in [4.78, 5) is 12.5. The van der Waals surface area contributed by atoms with Gasteiger partial charge in [0.15, 0.2) is 0 Å². The van der Waals surface area contributed by atoms with E-state index in [0.29, 0.717) is 41.5 Å². The summed E-state index contributed by atoms with van der Waals surface area (Å²) >= 11 is 1.23. The predicted molar refractivity (Wildman–Crippen MR) is 107 cm³/mol. The molecule has 1 saturated heterocycles. The summed E-state index contributed by atoms with van der Waals surface area (Å²) < 4.78 is 32.8. The van der Waals surface area contributed by atoms with E-state index in [1.807, 2.05) is 0 Å². The summed E-state index contributed by atoms with van der Waals surface area (Å²) in [5.74, 6) is 0.376. The quantitative estimate of drug-likeness (QED) is 0.691. The van der Waals surface area contributed by atoms with Crippen molar-refractivity contribution in [2.24, 2.45) is 17.3 Å². The summed E-state index contributed by atoms with van der Waals surface area (Å²) in [6.07, 6.45) is 5.22. The summed E-state index contributed by atoms with van der Waals surface area (Å²) in [5.41, 5.74) is 0.315. The van der Waals surface area contributed by atoms with Crippen LogP contribution in [-0.2, 0) is 19.6 Å². The molecule has 0 radical (unpaired) electrons. The van der Waals surface area contributed by atoms with E-state index in [0.717, 1.165) is 25.7 Å². The van der Waals surface area contributed by atoms with Crippen molar-refractivity contribution in [3.05, 3.63) is 17.5 Å². The number of nitrogens with zero attached hydrogens (tertiary/aromatic N) is 1. The summed E-state index contributed by atoms with van der Waals surface area (Å²) in [7, 11) is -3.42. The van der Waals surface area contributed by atoms with E-state index >= 15 is 0 Å². The van der Waals surface area contributed by atoms with Gasteiger partial charge in [-0.3, -0.25) is 4.79 Å². The average molecular weight is 414 g/mol. The zero-order chi connectivity index (χ0) is 19.7. The Hall–Kier alpha value is -0.920. The zero-order valence-electron chi connectivity index (χ0n) is 16.5. The van der Waals surface area contributed by atoms with Crippen LogP contribution in [0.5, 0.6) is 0 Å². The number of piperidine rings is 1. The van der Waals surface area contributed by atoms with Crippen molar-refractivity contribution in [1.29, 1.82) is 0 Å². The maximum Gasteiger partial charge on any atom is 0.309 e. The van der Waals surface area contributed by atoms with Crippen molar-refractivity contribution in [1.82, 2.24) is 4.31 Å². The van der Waals surface area contributed by atoms with Gasteiger partial charge in [-0.25, -0.2) is 8.42 Å². The number of sulfonamides is 1. The Labute approximate surface area is 167 Å². The predicted octanol–water partition coefficient (Wildman–Crippen LogP) is 4.30.